The molecule has 2 nitrogen and oxygen atoms in total. The van der Waals surface area contributed by atoms with Crippen LogP contribution in [0.1, 0.15) is 37.5 Å². The van der Waals surface area contributed by atoms with E-state index in [1.165, 1.54) is 5.56 Å². The van der Waals surface area contributed by atoms with Crippen molar-refractivity contribution in [2.24, 2.45) is 5.73 Å². The molecule has 3 N–H and O–H groups in total. The molecular weight excluding hydrogens is 210 g/mol. The molecule has 15 heavy (non-hydrogen) atoms. The number of aromatic hydroxyl groups is 1. The van der Waals surface area contributed by atoms with E-state index in [1.807, 2.05) is 19.1 Å². The second kappa shape index (κ2) is 4.86. The summed E-state index contributed by atoms with van der Waals surface area (Å²) in [5.41, 5.74) is 8.62. The van der Waals surface area contributed by atoms with E-state index in [9.17, 15) is 5.11 Å². The fourth-order valence-corrected chi connectivity index (χ4v) is 1.44. The number of halogens is 1. The lowest BCUT2D eigenvalue weighted by Crippen LogP contribution is -2.12. The summed E-state index contributed by atoms with van der Waals surface area (Å²) in [5, 5.41) is 9.71. The SMILES string of the molecule is Cc1cc(C(C)(C)C)cc(CN)c1O.Cl. The van der Waals surface area contributed by atoms with Crippen molar-refractivity contribution in [3.8, 4) is 5.75 Å². The third-order valence-corrected chi connectivity index (χ3v) is 2.47. The molecule has 1 rings (SSSR count). The van der Waals surface area contributed by atoms with Gasteiger partial charge in [-0.15, -0.1) is 12.4 Å². The van der Waals surface area contributed by atoms with E-state index < -0.39 is 0 Å². The maximum atomic E-state index is 9.71. The highest BCUT2D eigenvalue weighted by Crippen LogP contribution is 2.30. The van der Waals surface area contributed by atoms with Gasteiger partial charge in [-0.05, 0) is 23.5 Å². The lowest BCUT2D eigenvalue weighted by atomic mass is 9.85. The molecule has 3 heteroatoms. The quantitative estimate of drug-likeness (QED) is 0.778. The fraction of sp³-hybridized carbons (Fsp3) is 0.500. The molecule has 0 atom stereocenters. The number of benzene rings is 1. The first-order chi connectivity index (χ1) is 6.36. The Balaban J connectivity index is 0.00000196. The van der Waals surface area contributed by atoms with Gasteiger partial charge in [0.25, 0.3) is 0 Å². The van der Waals surface area contributed by atoms with Crippen LogP contribution in [0.2, 0.25) is 0 Å². The van der Waals surface area contributed by atoms with Crippen LogP contribution in [0.3, 0.4) is 0 Å². The minimum atomic E-state index is 0. The Hall–Kier alpha value is -0.730. The summed E-state index contributed by atoms with van der Waals surface area (Å²) in [7, 11) is 0. The first-order valence-electron chi connectivity index (χ1n) is 4.89. The summed E-state index contributed by atoms with van der Waals surface area (Å²) >= 11 is 0. The van der Waals surface area contributed by atoms with Gasteiger partial charge in [0.2, 0.25) is 0 Å². The number of aryl methyl sites for hydroxylation is 1. The molecule has 1 aromatic rings. The summed E-state index contributed by atoms with van der Waals surface area (Å²) in [5.74, 6) is 0.334. The van der Waals surface area contributed by atoms with Gasteiger partial charge < -0.3 is 10.8 Å². The van der Waals surface area contributed by atoms with Gasteiger partial charge in [0.15, 0.2) is 0 Å². The molecule has 0 aliphatic heterocycles. The zero-order valence-corrected chi connectivity index (χ0v) is 10.6. The van der Waals surface area contributed by atoms with E-state index in [0.717, 1.165) is 11.1 Å². The van der Waals surface area contributed by atoms with Gasteiger partial charge in [0.05, 0.1) is 0 Å². The highest BCUT2D eigenvalue weighted by molar-refractivity contribution is 5.85. The maximum absolute atomic E-state index is 9.71. The number of nitrogens with two attached hydrogens (primary N) is 1. The van der Waals surface area contributed by atoms with Gasteiger partial charge in [0.1, 0.15) is 5.75 Å². The Kier molecular flexibility index (Phi) is 4.63. The topological polar surface area (TPSA) is 46.2 Å². The molecule has 0 aromatic heterocycles. The second-order valence-electron chi connectivity index (χ2n) is 4.75. The Morgan fingerprint density at radius 1 is 1.27 bits per heavy atom. The molecule has 0 aliphatic carbocycles. The Labute approximate surface area is 97.9 Å². The monoisotopic (exact) mass is 229 g/mol. The zero-order chi connectivity index (χ0) is 10.9. The van der Waals surface area contributed by atoms with Crippen molar-refractivity contribution in [3.63, 3.8) is 0 Å². The summed E-state index contributed by atoms with van der Waals surface area (Å²) in [6.07, 6.45) is 0. The average molecular weight is 230 g/mol. The summed E-state index contributed by atoms with van der Waals surface area (Å²) in [6.45, 7) is 8.75. The number of rotatable bonds is 1. The molecule has 1 aromatic carbocycles. The smallest absolute Gasteiger partial charge is 0.122 e. The van der Waals surface area contributed by atoms with Crippen molar-refractivity contribution in [3.05, 3.63) is 28.8 Å². The minimum Gasteiger partial charge on any atom is -0.507 e. The molecule has 0 spiro atoms. The summed E-state index contributed by atoms with van der Waals surface area (Å²) in [6, 6.07) is 4.01. The van der Waals surface area contributed by atoms with E-state index in [2.05, 4.69) is 20.8 Å². The lowest BCUT2D eigenvalue weighted by Gasteiger charge is -2.21. The van der Waals surface area contributed by atoms with Gasteiger partial charge in [0, 0.05) is 12.1 Å². The van der Waals surface area contributed by atoms with Crippen LogP contribution in [0.5, 0.6) is 5.75 Å². The van der Waals surface area contributed by atoms with Crippen LogP contribution in [0.25, 0.3) is 0 Å². The Bertz CT molecular complexity index is 342. The standard InChI is InChI=1S/C12H19NO.ClH/c1-8-5-10(12(2,3)4)6-9(7-13)11(8)14;/h5-6,14H,7,13H2,1-4H3;1H. The van der Waals surface area contributed by atoms with Crippen LogP contribution in [-0.2, 0) is 12.0 Å². The normalized spacial score (nSPS) is 11.0. The van der Waals surface area contributed by atoms with E-state index in [0.29, 0.717) is 12.3 Å². The second-order valence-corrected chi connectivity index (χ2v) is 4.75. The number of hydrogen-bond donors (Lipinski definition) is 2. The van der Waals surface area contributed by atoms with Crippen molar-refractivity contribution in [1.29, 1.82) is 0 Å². The highest BCUT2D eigenvalue weighted by atomic mass is 35.5. The average Bonchev–Trinajstić information content (AvgIpc) is 2.07. The molecule has 0 heterocycles. The number of phenols is 1. The molecule has 0 unspecified atom stereocenters. The lowest BCUT2D eigenvalue weighted by molar-refractivity contribution is 0.462. The minimum absolute atomic E-state index is 0. The van der Waals surface area contributed by atoms with Crippen LogP contribution >= 0.6 is 12.4 Å². The molecule has 0 saturated carbocycles. The molecule has 0 bridgehead atoms. The molecule has 86 valence electrons. The summed E-state index contributed by atoms with van der Waals surface area (Å²) in [4.78, 5) is 0. The summed E-state index contributed by atoms with van der Waals surface area (Å²) < 4.78 is 0. The molecule has 0 saturated heterocycles. The van der Waals surface area contributed by atoms with Crippen molar-refractivity contribution in [1.82, 2.24) is 0 Å². The van der Waals surface area contributed by atoms with Crippen LogP contribution in [0.4, 0.5) is 0 Å². The number of hydrogen-bond acceptors (Lipinski definition) is 2. The maximum Gasteiger partial charge on any atom is 0.122 e. The van der Waals surface area contributed by atoms with E-state index in [1.54, 1.807) is 0 Å². The Morgan fingerprint density at radius 3 is 2.20 bits per heavy atom. The largest absolute Gasteiger partial charge is 0.507 e. The molecule has 0 fully saturated rings. The first-order valence-corrected chi connectivity index (χ1v) is 4.89. The fourth-order valence-electron chi connectivity index (χ4n) is 1.44. The molecule has 0 aliphatic rings. The van der Waals surface area contributed by atoms with E-state index in [4.69, 9.17) is 5.73 Å². The molecule has 0 amide bonds. The Morgan fingerprint density at radius 2 is 1.80 bits per heavy atom. The van der Waals surface area contributed by atoms with E-state index in [-0.39, 0.29) is 17.8 Å². The molecular formula is C12H20ClNO. The van der Waals surface area contributed by atoms with Crippen molar-refractivity contribution in [2.75, 3.05) is 0 Å². The van der Waals surface area contributed by atoms with Crippen LogP contribution in [0, 0.1) is 6.92 Å². The predicted octanol–water partition coefficient (Wildman–Crippen LogP) is 2.88. The zero-order valence-electron chi connectivity index (χ0n) is 9.79. The van der Waals surface area contributed by atoms with Gasteiger partial charge in [-0.2, -0.15) is 0 Å². The van der Waals surface area contributed by atoms with Crippen molar-refractivity contribution in [2.45, 2.75) is 39.7 Å². The van der Waals surface area contributed by atoms with E-state index >= 15 is 0 Å². The van der Waals surface area contributed by atoms with Gasteiger partial charge >= 0.3 is 0 Å². The third-order valence-electron chi connectivity index (χ3n) is 2.47. The van der Waals surface area contributed by atoms with Crippen LogP contribution in [-0.4, -0.2) is 5.11 Å². The van der Waals surface area contributed by atoms with Gasteiger partial charge in [-0.3, -0.25) is 0 Å². The van der Waals surface area contributed by atoms with Crippen molar-refractivity contribution >= 4 is 12.4 Å². The first kappa shape index (κ1) is 14.3. The third kappa shape index (κ3) is 3.11. The van der Waals surface area contributed by atoms with Gasteiger partial charge in [-0.25, -0.2) is 0 Å². The molecule has 0 radical (unpaired) electrons. The number of phenolic OH excluding ortho intramolecular Hbond substituents is 1. The van der Waals surface area contributed by atoms with Crippen molar-refractivity contribution < 1.29 is 5.11 Å². The predicted molar refractivity (Wildman–Crippen MR) is 66.7 cm³/mol. The van der Waals surface area contributed by atoms with Crippen LogP contribution < -0.4 is 5.73 Å². The van der Waals surface area contributed by atoms with Gasteiger partial charge in [-0.1, -0.05) is 32.9 Å². The highest BCUT2D eigenvalue weighted by Gasteiger charge is 2.16. The van der Waals surface area contributed by atoms with Crippen LogP contribution in [0.15, 0.2) is 12.1 Å².